The van der Waals surface area contributed by atoms with E-state index in [1.54, 1.807) is 17.2 Å². The summed E-state index contributed by atoms with van der Waals surface area (Å²) in [5, 5.41) is 5.28. The summed E-state index contributed by atoms with van der Waals surface area (Å²) in [7, 11) is 1.89. The Hall–Kier alpha value is -3.55. The molecule has 0 unspecified atom stereocenters. The lowest BCUT2D eigenvalue weighted by Crippen LogP contribution is -2.56. The molecule has 2 aliphatic heterocycles. The number of amidine groups is 1. The van der Waals surface area contributed by atoms with Crippen LogP contribution in [0.4, 0.5) is 4.39 Å². The standard InChI is InChI=1S/C28H28FN5O2/c1-27(7-8-27)25(35)33-14-17(15-33)16-34-24(31-28(9-10-28)26(34)36)21-5-3-19(12-22(21)29)18-4-6-23-20(11-18)13-30-32(23)2/h3-6,11-13,17H,7-10,14-16H2,1-2H3. The molecule has 0 atom stereocenters. The van der Waals surface area contributed by atoms with E-state index in [9.17, 15) is 9.59 Å². The Balaban J connectivity index is 1.13. The Labute approximate surface area is 208 Å². The minimum Gasteiger partial charge on any atom is -0.341 e. The first kappa shape index (κ1) is 21.7. The van der Waals surface area contributed by atoms with Crippen LogP contribution in [0.5, 0.6) is 0 Å². The van der Waals surface area contributed by atoms with Crippen LogP contribution in [-0.4, -0.2) is 62.4 Å². The van der Waals surface area contributed by atoms with E-state index in [2.05, 4.69) is 5.10 Å². The van der Waals surface area contributed by atoms with Gasteiger partial charge in [0.25, 0.3) is 5.91 Å². The zero-order valence-corrected chi connectivity index (χ0v) is 20.5. The highest BCUT2D eigenvalue weighted by Gasteiger charge is 2.58. The van der Waals surface area contributed by atoms with Crippen molar-refractivity contribution in [3.63, 3.8) is 0 Å². The van der Waals surface area contributed by atoms with Crippen molar-refractivity contribution in [1.29, 1.82) is 0 Å². The van der Waals surface area contributed by atoms with Crippen LogP contribution in [0, 0.1) is 17.2 Å². The van der Waals surface area contributed by atoms with Gasteiger partial charge in [-0.05, 0) is 61.1 Å². The molecule has 0 bridgehead atoms. The van der Waals surface area contributed by atoms with Crippen molar-refractivity contribution < 1.29 is 14.0 Å². The third-order valence-corrected chi connectivity index (χ3v) is 8.43. The van der Waals surface area contributed by atoms with Crippen molar-refractivity contribution in [2.75, 3.05) is 19.6 Å². The van der Waals surface area contributed by atoms with E-state index in [0.717, 1.165) is 34.9 Å². The average molecular weight is 486 g/mol. The molecule has 3 aromatic rings. The number of aryl methyl sites for hydroxylation is 1. The third kappa shape index (κ3) is 3.23. The predicted molar refractivity (Wildman–Crippen MR) is 134 cm³/mol. The van der Waals surface area contributed by atoms with Crippen LogP contribution < -0.4 is 0 Å². The number of benzene rings is 2. The number of aliphatic imine (C=N–C) groups is 1. The van der Waals surface area contributed by atoms with Crippen molar-refractivity contribution in [3.8, 4) is 11.1 Å². The topological polar surface area (TPSA) is 70.8 Å². The van der Waals surface area contributed by atoms with Crippen molar-refractivity contribution >= 4 is 28.6 Å². The zero-order valence-electron chi connectivity index (χ0n) is 20.5. The highest BCUT2D eigenvalue weighted by atomic mass is 19.1. The average Bonchev–Trinajstić information content (AvgIpc) is 3.74. The second-order valence-corrected chi connectivity index (χ2v) is 11.3. The van der Waals surface area contributed by atoms with Gasteiger partial charge in [0.2, 0.25) is 5.91 Å². The van der Waals surface area contributed by atoms with Gasteiger partial charge >= 0.3 is 0 Å². The van der Waals surface area contributed by atoms with E-state index in [1.165, 1.54) is 6.07 Å². The Morgan fingerprint density at radius 1 is 1.08 bits per heavy atom. The summed E-state index contributed by atoms with van der Waals surface area (Å²) in [6.45, 7) is 3.79. The first-order chi connectivity index (χ1) is 17.3. The number of likely N-dealkylation sites (tertiary alicyclic amines) is 1. The number of carbonyl (C=O) groups is 2. The smallest absolute Gasteiger partial charge is 0.256 e. The van der Waals surface area contributed by atoms with Crippen LogP contribution in [0.3, 0.4) is 0 Å². The number of carbonyl (C=O) groups excluding carboxylic acids is 2. The monoisotopic (exact) mass is 485 g/mol. The fraction of sp³-hybridized carbons (Fsp3) is 0.429. The van der Waals surface area contributed by atoms with Gasteiger partial charge in [-0.3, -0.25) is 24.2 Å². The molecule has 7 nitrogen and oxygen atoms in total. The maximum Gasteiger partial charge on any atom is 0.256 e. The minimum absolute atomic E-state index is 0.0260. The largest absolute Gasteiger partial charge is 0.341 e. The van der Waals surface area contributed by atoms with Crippen LogP contribution in [0.15, 0.2) is 47.6 Å². The van der Waals surface area contributed by atoms with Crippen molar-refractivity contribution in [2.24, 2.45) is 23.4 Å². The number of aromatic nitrogens is 2. The lowest BCUT2D eigenvalue weighted by Gasteiger charge is -2.42. The highest BCUT2D eigenvalue weighted by molar-refractivity contribution is 6.16. The summed E-state index contributed by atoms with van der Waals surface area (Å²) in [5.41, 5.74) is 2.17. The summed E-state index contributed by atoms with van der Waals surface area (Å²) in [6.07, 6.45) is 5.15. The minimum atomic E-state index is -0.702. The Morgan fingerprint density at radius 2 is 1.81 bits per heavy atom. The van der Waals surface area contributed by atoms with Crippen molar-refractivity contribution in [1.82, 2.24) is 19.6 Å². The van der Waals surface area contributed by atoms with Crippen molar-refractivity contribution in [3.05, 3.63) is 54.0 Å². The van der Waals surface area contributed by atoms with Crippen molar-refractivity contribution in [2.45, 2.75) is 38.1 Å². The van der Waals surface area contributed by atoms with E-state index < -0.39 is 5.54 Å². The summed E-state index contributed by atoms with van der Waals surface area (Å²) in [4.78, 5) is 34.2. The summed E-state index contributed by atoms with van der Waals surface area (Å²) >= 11 is 0. The quantitative estimate of drug-likeness (QED) is 0.553. The predicted octanol–water partition coefficient (Wildman–Crippen LogP) is 3.76. The van der Waals surface area contributed by atoms with Crippen LogP contribution >= 0.6 is 0 Å². The molecule has 1 saturated heterocycles. The SMILES string of the molecule is Cn1ncc2cc(-c3ccc(C4=NC5(CC5)C(=O)N4CC4CN(C(=O)C5(C)CC5)C4)c(F)c3)ccc21. The van der Waals surface area contributed by atoms with Gasteiger partial charge in [0.15, 0.2) is 0 Å². The lowest BCUT2D eigenvalue weighted by atomic mass is 9.95. The number of amides is 2. The van der Waals surface area contributed by atoms with Gasteiger partial charge in [-0.2, -0.15) is 5.10 Å². The van der Waals surface area contributed by atoms with Gasteiger partial charge in [-0.25, -0.2) is 4.39 Å². The molecule has 3 heterocycles. The molecule has 184 valence electrons. The molecule has 2 aliphatic carbocycles. The van der Waals surface area contributed by atoms with Gasteiger partial charge in [-0.1, -0.05) is 19.1 Å². The molecule has 4 aliphatic rings. The molecule has 8 heteroatoms. The second kappa shape index (κ2) is 7.24. The van der Waals surface area contributed by atoms with E-state index in [-0.39, 0.29) is 29.0 Å². The molecule has 3 fully saturated rings. The number of nitrogens with zero attached hydrogens (tertiary/aromatic N) is 5. The molecule has 2 aromatic carbocycles. The Bertz CT molecular complexity index is 1480. The molecule has 0 radical (unpaired) electrons. The van der Waals surface area contributed by atoms with E-state index in [1.807, 2.05) is 47.8 Å². The van der Waals surface area contributed by atoms with Crippen LogP contribution in [-0.2, 0) is 16.6 Å². The van der Waals surface area contributed by atoms with Gasteiger partial charge < -0.3 is 4.90 Å². The van der Waals surface area contributed by atoms with E-state index in [4.69, 9.17) is 4.99 Å². The van der Waals surface area contributed by atoms with Gasteiger partial charge in [0, 0.05) is 43.4 Å². The maximum atomic E-state index is 15.5. The Kier molecular flexibility index (Phi) is 4.37. The molecule has 2 amide bonds. The van der Waals surface area contributed by atoms with Gasteiger partial charge in [0.1, 0.15) is 17.2 Å². The van der Waals surface area contributed by atoms with Crippen LogP contribution in [0.1, 0.15) is 38.2 Å². The number of fused-ring (bicyclic) bond motifs is 1. The summed E-state index contributed by atoms with van der Waals surface area (Å²) < 4.78 is 17.3. The van der Waals surface area contributed by atoms with Crippen LogP contribution in [0.2, 0.25) is 0 Å². The van der Waals surface area contributed by atoms with E-state index >= 15 is 4.39 Å². The number of rotatable bonds is 5. The first-order valence-electron chi connectivity index (χ1n) is 12.7. The molecule has 1 aromatic heterocycles. The first-order valence-corrected chi connectivity index (χ1v) is 12.7. The molecule has 36 heavy (non-hydrogen) atoms. The molecule has 7 rings (SSSR count). The number of hydrogen-bond donors (Lipinski definition) is 0. The lowest BCUT2D eigenvalue weighted by molar-refractivity contribution is -0.143. The summed E-state index contributed by atoms with van der Waals surface area (Å²) in [5.74, 6) is 0.434. The van der Waals surface area contributed by atoms with Gasteiger partial charge in [0.05, 0.1) is 17.3 Å². The molecular weight excluding hydrogens is 457 g/mol. The Morgan fingerprint density at radius 3 is 2.50 bits per heavy atom. The number of hydrogen-bond acceptors (Lipinski definition) is 4. The van der Waals surface area contributed by atoms with Gasteiger partial charge in [-0.15, -0.1) is 0 Å². The highest BCUT2D eigenvalue weighted by Crippen LogP contribution is 2.48. The molecule has 1 spiro atoms. The fourth-order valence-corrected chi connectivity index (χ4v) is 5.59. The third-order valence-electron chi connectivity index (χ3n) is 8.43. The fourth-order valence-electron chi connectivity index (χ4n) is 5.59. The maximum absolute atomic E-state index is 15.5. The van der Waals surface area contributed by atoms with E-state index in [0.29, 0.717) is 43.9 Å². The zero-order chi connectivity index (χ0) is 24.8. The second-order valence-electron chi connectivity index (χ2n) is 11.3. The molecule has 0 N–H and O–H groups in total. The van der Waals surface area contributed by atoms with Crippen LogP contribution in [0.25, 0.3) is 22.0 Å². The molecular formula is C28H28FN5O2. The normalized spacial score (nSPS) is 21.8. The summed E-state index contributed by atoms with van der Waals surface area (Å²) in [6, 6.07) is 11.1. The molecule has 2 saturated carbocycles. The number of halogens is 1.